The van der Waals surface area contributed by atoms with Crippen molar-refractivity contribution in [2.24, 2.45) is 0 Å². The molecule has 0 bridgehead atoms. The van der Waals surface area contributed by atoms with Gasteiger partial charge in [-0.3, -0.25) is 13.9 Å². The van der Waals surface area contributed by atoms with E-state index in [-0.39, 0.29) is 44.7 Å². The number of carbonyl (C=O) groups excluding carboxylic acids is 2. The van der Waals surface area contributed by atoms with Gasteiger partial charge in [0.2, 0.25) is 11.8 Å². The fourth-order valence-corrected chi connectivity index (χ4v) is 7.00. The lowest BCUT2D eigenvalue weighted by Gasteiger charge is -2.34. The summed E-state index contributed by atoms with van der Waals surface area (Å²) >= 11 is 25.4. The largest absolute Gasteiger partial charge is 0.352 e. The number of anilines is 1. The lowest BCUT2D eigenvalue weighted by molar-refractivity contribution is -0.140. The summed E-state index contributed by atoms with van der Waals surface area (Å²) in [7, 11) is -4.34. The number of sulfonamides is 1. The minimum absolute atomic E-state index is 0.0174. The maximum absolute atomic E-state index is 14.5. The van der Waals surface area contributed by atoms with Gasteiger partial charge in [-0.2, -0.15) is 0 Å². The van der Waals surface area contributed by atoms with Crippen molar-refractivity contribution in [3.63, 3.8) is 0 Å². The van der Waals surface area contributed by atoms with Crippen LogP contribution >= 0.6 is 46.4 Å². The number of benzene rings is 4. The average molecular weight is 722 g/mol. The van der Waals surface area contributed by atoms with E-state index in [2.05, 4.69) is 5.32 Å². The average Bonchev–Trinajstić information content (AvgIpc) is 3.01. The predicted octanol–water partition coefficient (Wildman–Crippen LogP) is 7.97. The summed E-state index contributed by atoms with van der Waals surface area (Å²) in [4.78, 5) is 29.7. The van der Waals surface area contributed by atoms with Gasteiger partial charge in [-0.25, -0.2) is 8.42 Å². The Morgan fingerprint density at radius 3 is 2.09 bits per heavy atom. The van der Waals surface area contributed by atoms with Crippen LogP contribution in [-0.2, 0) is 32.6 Å². The first-order valence-corrected chi connectivity index (χ1v) is 17.3. The number of hydrogen-bond acceptors (Lipinski definition) is 4. The molecule has 4 aromatic carbocycles. The lowest BCUT2D eigenvalue weighted by Crippen LogP contribution is -2.54. The molecule has 0 radical (unpaired) electrons. The topological polar surface area (TPSA) is 86.8 Å². The number of halogens is 4. The van der Waals surface area contributed by atoms with E-state index >= 15 is 0 Å². The first-order chi connectivity index (χ1) is 21.8. The summed E-state index contributed by atoms with van der Waals surface area (Å²) in [6, 6.07) is 23.7. The van der Waals surface area contributed by atoms with E-state index in [0.717, 1.165) is 15.4 Å². The van der Waals surface area contributed by atoms with E-state index in [4.69, 9.17) is 46.4 Å². The van der Waals surface area contributed by atoms with Crippen LogP contribution in [0.25, 0.3) is 0 Å². The van der Waals surface area contributed by atoms with Crippen LogP contribution in [0.5, 0.6) is 0 Å². The highest BCUT2D eigenvalue weighted by atomic mass is 35.5. The molecule has 1 N–H and O–H groups in total. The van der Waals surface area contributed by atoms with Gasteiger partial charge in [-0.15, -0.1) is 0 Å². The molecular formula is C34H33Cl4N3O4S. The summed E-state index contributed by atoms with van der Waals surface area (Å²) in [5.41, 5.74) is 2.27. The highest BCUT2D eigenvalue weighted by Crippen LogP contribution is 2.36. The van der Waals surface area contributed by atoms with Crippen LogP contribution in [0.4, 0.5) is 5.69 Å². The van der Waals surface area contributed by atoms with Crippen LogP contribution in [0.15, 0.2) is 95.9 Å². The standard InChI is InChI=1S/C34H33Cl4N3O4S/c1-22(2)39-34(43)31(19-24-8-5-4-6-9-24)40(20-25-14-17-27(35)29(37)18-25)32(42)21-41(30-11-7-10-28(36)33(30)38)46(44,45)26-15-12-23(3)13-16-26/h4-18,22,31H,19-21H2,1-3H3,(H,39,43)/t31-/m0/s1. The molecule has 12 heteroatoms. The van der Waals surface area contributed by atoms with Crippen LogP contribution in [0.2, 0.25) is 20.1 Å². The van der Waals surface area contributed by atoms with Crippen LogP contribution in [0, 0.1) is 6.92 Å². The Balaban J connectivity index is 1.85. The molecule has 0 aliphatic carbocycles. The number of rotatable bonds is 12. The molecular weight excluding hydrogens is 688 g/mol. The van der Waals surface area contributed by atoms with Gasteiger partial charge < -0.3 is 10.2 Å². The number of hydrogen-bond donors (Lipinski definition) is 1. The minimum atomic E-state index is -4.34. The van der Waals surface area contributed by atoms with Gasteiger partial charge in [0.15, 0.2) is 0 Å². The van der Waals surface area contributed by atoms with Crippen molar-refractivity contribution in [1.82, 2.24) is 10.2 Å². The third kappa shape index (κ3) is 8.75. The summed E-state index contributed by atoms with van der Waals surface area (Å²) in [5, 5.41) is 3.59. The molecule has 0 aromatic heterocycles. The Morgan fingerprint density at radius 2 is 1.46 bits per heavy atom. The molecule has 0 saturated heterocycles. The molecule has 0 saturated carbocycles. The van der Waals surface area contributed by atoms with Gasteiger partial charge >= 0.3 is 0 Å². The van der Waals surface area contributed by atoms with Gasteiger partial charge in [0, 0.05) is 19.0 Å². The minimum Gasteiger partial charge on any atom is -0.352 e. The van der Waals surface area contributed by atoms with Crippen molar-refractivity contribution in [2.75, 3.05) is 10.8 Å². The van der Waals surface area contributed by atoms with Crippen molar-refractivity contribution in [1.29, 1.82) is 0 Å². The molecule has 4 aromatic rings. The first-order valence-electron chi connectivity index (χ1n) is 14.4. The molecule has 242 valence electrons. The Morgan fingerprint density at radius 1 is 0.783 bits per heavy atom. The summed E-state index contributed by atoms with van der Waals surface area (Å²) in [6.45, 7) is 4.72. The molecule has 4 rings (SSSR count). The Kier molecular flexibility index (Phi) is 12.0. The van der Waals surface area contributed by atoms with Crippen molar-refractivity contribution >= 4 is 73.9 Å². The second-order valence-corrected chi connectivity index (χ2v) is 14.5. The Labute approximate surface area is 290 Å². The number of amides is 2. The zero-order valence-corrected chi connectivity index (χ0v) is 29.2. The number of carbonyl (C=O) groups is 2. The zero-order chi connectivity index (χ0) is 33.6. The molecule has 0 fully saturated rings. The van der Waals surface area contributed by atoms with E-state index in [1.165, 1.54) is 29.2 Å². The smallest absolute Gasteiger partial charge is 0.264 e. The second kappa shape index (κ2) is 15.5. The van der Waals surface area contributed by atoms with Gasteiger partial charge in [-0.05, 0) is 68.3 Å². The molecule has 2 amide bonds. The predicted molar refractivity (Wildman–Crippen MR) is 186 cm³/mol. The zero-order valence-electron chi connectivity index (χ0n) is 25.4. The fourth-order valence-electron chi connectivity index (χ4n) is 4.81. The van der Waals surface area contributed by atoms with Gasteiger partial charge in [-0.1, -0.05) is 107 Å². The highest BCUT2D eigenvalue weighted by molar-refractivity contribution is 7.92. The van der Waals surface area contributed by atoms with E-state index in [1.807, 2.05) is 51.1 Å². The summed E-state index contributed by atoms with van der Waals surface area (Å²) in [5.74, 6) is -1.06. The quantitative estimate of drug-likeness (QED) is 0.161. The van der Waals surface area contributed by atoms with Gasteiger partial charge in [0.1, 0.15) is 12.6 Å². The van der Waals surface area contributed by atoms with Gasteiger partial charge in [0.25, 0.3) is 10.0 Å². The molecule has 0 unspecified atom stereocenters. The monoisotopic (exact) mass is 719 g/mol. The fraction of sp³-hybridized carbons (Fsp3) is 0.235. The molecule has 1 atom stereocenters. The van der Waals surface area contributed by atoms with Crippen LogP contribution in [0.1, 0.15) is 30.5 Å². The normalized spacial score (nSPS) is 12.1. The van der Waals surface area contributed by atoms with Crippen molar-refractivity contribution < 1.29 is 18.0 Å². The molecule has 46 heavy (non-hydrogen) atoms. The SMILES string of the molecule is Cc1ccc(S(=O)(=O)N(CC(=O)N(Cc2ccc(Cl)c(Cl)c2)[C@@H](Cc2ccccc2)C(=O)NC(C)C)c2cccc(Cl)c2Cl)cc1. The highest BCUT2D eigenvalue weighted by Gasteiger charge is 2.35. The van der Waals surface area contributed by atoms with Crippen LogP contribution < -0.4 is 9.62 Å². The summed E-state index contributed by atoms with van der Waals surface area (Å²) < 4.78 is 29.3. The first kappa shape index (κ1) is 35.6. The number of nitrogens with one attached hydrogen (secondary N) is 1. The number of nitrogens with zero attached hydrogens (tertiary/aromatic N) is 2. The maximum Gasteiger partial charge on any atom is 0.264 e. The van der Waals surface area contributed by atoms with E-state index in [9.17, 15) is 18.0 Å². The third-order valence-electron chi connectivity index (χ3n) is 7.13. The van der Waals surface area contributed by atoms with E-state index < -0.39 is 34.4 Å². The van der Waals surface area contributed by atoms with E-state index in [0.29, 0.717) is 10.6 Å². The molecule has 0 aliphatic rings. The van der Waals surface area contributed by atoms with E-state index in [1.54, 1.807) is 36.4 Å². The number of aryl methyl sites for hydroxylation is 1. The molecule has 0 spiro atoms. The van der Waals surface area contributed by atoms with Gasteiger partial charge in [0.05, 0.1) is 30.7 Å². The maximum atomic E-state index is 14.5. The van der Waals surface area contributed by atoms with Crippen molar-refractivity contribution in [3.8, 4) is 0 Å². The Hall–Kier alpha value is -3.27. The van der Waals surface area contributed by atoms with Crippen molar-refractivity contribution in [2.45, 2.75) is 50.7 Å². The molecule has 7 nitrogen and oxygen atoms in total. The molecule has 0 heterocycles. The third-order valence-corrected chi connectivity index (χ3v) is 10.4. The Bertz CT molecular complexity index is 1800. The second-order valence-electron chi connectivity index (χ2n) is 11.0. The van der Waals surface area contributed by atoms with Crippen LogP contribution in [0.3, 0.4) is 0 Å². The van der Waals surface area contributed by atoms with Crippen molar-refractivity contribution in [3.05, 3.63) is 128 Å². The van der Waals surface area contributed by atoms with Crippen LogP contribution in [-0.4, -0.2) is 43.8 Å². The lowest BCUT2D eigenvalue weighted by atomic mass is 10.0. The molecule has 0 aliphatic heterocycles. The summed E-state index contributed by atoms with van der Waals surface area (Å²) in [6.07, 6.45) is 0.162.